The lowest BCUT2D eigenvalue weighted by molar-refractivity contribution is 0.282. The molecule has 1 atom stereocenters. The first-order valence-corrected chi connectivity index (χ1v) is 4.70. The van der Waals surface area contributed by atoms with Gasteiger partial charge in [-0.2, -0.15) is 0 Å². The van der Waals surface area contributed by atoms with Crippen molar-refractivity contribution in [3.8, 4) is 0 Å². The van der Waals surface area contributed by atoms with Crippen molar-refractivity contribution in [2.75, 3.05) is 6.61 Å². The van der Waals surface area contributed by atoms with E-state index >= 15 is 0 Å². The predicted molar refractivity (Wildman–Crippen MR) is 47.4 cm³/mol. The van der Waals surface area contributed by atoms with Gasteiger partial charge in [0.25, 0.3) is 0 Å². The van der Waals surface area contributed by atoms with Gasteiger partial charge in [-0.05, 0) is 12.8 Å². The third kappa shape index (κ3) is 3.06. The van der Waals surface area contributed by atoms with E-state index in [0.29, 0.717) is 12.5 Å². The Kier molecular flexibility index (Phi) is 3.64. The highest BCUT2D eigenvalue weighted by Crippen LogP contribution is 2.32. The van der Waals surface area contributed by atoms with E-state index in [1.807, 2.05) is 0 Å². The molecule has 0 fully saturated rings. The minimum Gasteiger partial charge on any atom is -0.395 e. The van der Waals surface area contributed by atoms with Crippen molar-refractivity contribution < 1.29 is 5.11 Å². The highest BCUT2D eigenvalue weighted by molar-refractivity contribution is 5.28. The Hall–Kier alpha value is -0.300. The molecule has 64 valence electrons. The van der Waals surface area contributed by atoms with Crippen LogP contribution in [0, 0.1) is 5.92 Å². The first-order valence-electron chi connectivity index (χ1n) is 4.70. The standard InChI is InChI=1S/C10H18O/c1-2-3-4-5-6-9-7-10(9)8-11/h7,10-11H,2-6,8H2,1H3/t10-/m1/s1. The zero-order chi connectivity index (χ0) is 8.10. The Bertz CT molecular complexity index is 138. The molecule has 1 aliphatic rings. The van der Waals surface area contributed by atoms with Gasteiger partial charge in [0.05, 0.1) is 6.61 Å². The molecule has 0 saturated heterocycles. The van der Waals surface area contributed by atoms with Crippen LogP contribution in [0.15, 0.2) is 11.6 Å². The fourth-order valence-corrected chi connectivity index (χ4v) is 1.40. The smallest absolute Gasteiger partial charge is 0.0531 e. The Morgan fingerprint density at radius 1 is 1.36 bits per heavy atom. The van der Waals surface area contributed by atoms with Gasteiger partial charge in [0.2, 0.25) is 0 Å². The van der Waals surface area contributed by atoms with Gasteiger partial charge in [-0.1, -0.05) is 37.8 Å². The monoisotopic (exact) mass is 154 g/mol. The van der Waals surface area contributed by atoms with Crippen molar-refractivity contribution in [3.05, 3.63) is 11.6 Å². The highest BCUT2D eigenvalue weighted by Gasteiger charge is 2.21. The molecule has 11 heavy (non-hydrogen) atoms. The number of rotatable bonds is 6. The number of unbranched alkanes of at least 4 members (excludes halogenated alkanes) is 3. The number of hydrogen-bond donors (Lipinski definition) is 1. The Labute approximate surface area is 69.1 Å². The van der Waals surface area contributed by atoms with Crippen LogP contribution in [0.3, 0.4) is 0 Å². The molecule has 1 nitrogen and oxygen atoms in total. The van der Waals surface area contributed by atoms with Crippen LogP contribution in [0.5, 0.6) is 0 Å². The summed E-state index contributed by atoms with van der Waals surface area (Å²) in [5, 5.41) is 8.73. The maximum Gasteiger partial charge on any atom is 0.0531 e. The minimum absolute atomic E-state index is 0.336. The Balaban J connectivity index is 1.86. The molecule has 0 spiro atoms. The molecule has 0 amide bonds. The molecule has 0 unspecified atom stereocenters. The molecule has 1 rings (SSSR count). The van der Waals surface area contributed by atoms with Crippen molar-refractivity contribution in [2.45, 2.75) is 39.0 Å². The summed E-state index contributed by atoms with van der Waals surface area (Å²) in [6, 6.07) is 0. The molecular weight excluding hydrogens is 136 g/mol. The van der Waals surface area contributed by atoms with Gasteiger partial charge in [-0.25, -0.2) is 0 Å². The van der Waals surface area contributed by atoms with Gasteiger partial charge in [-0.3, -0.25) is 0 Å². The Morgan fingerprint density at radius 2 is 2.18 bits per heavy atom. The predicted octanol–water partition coefficient (Wildman–Crippen LogP) is 2.51. The van der Waals surface area contributed by atoms with Crippen LogP contribution in [0.4, 0.5) is 0 Å². The minimum atomic E-state index is 0.336. The van der Waals surface area contributed by atoms with Crippen LogP contribution in [-0.2, 0) is 0 Å². The quantitative estimate of drug-likeness (QED) is 0.460. The van der Waals surface area contributed by atoms with Crippen LogP contribution in [0.25, 0.3) is 0 Å². The number of aliphatic hydroxyl groups is 1. The zero-order valence-corrected chi connectivity index (χ0v) is 7.34. The summed E-state index contributed by atoms with van der Waals surface area (Å²) in [6.45, 7) is 2.57. The molecule has 1 aliphatic carbocycles. The molecule has 0 bridgehead atoms. The van der Waals surface area contributed by atoms with E-state index < -0.39 is 0 Å². The van der Waals surface area contributed by atoms with E-state index in [1.54, 1.807) is 0 Å². The first kappa shape index (κ1) is 8.79. The Morgan fingerprint density at radius 3 is 2.73 bits per heavy atom. The van der Waals surface area contributed by atoms with Gasteiger partial charge in [-0.15, -0.1) is 0 Å². The summed E-state index contributed by atoms with van der Waals surface area (Å²) in [5.74, 6) is 0.469. The van der Waals surface area contributed by atoms with Crippen molar-refractivity contribution in [1.82, 2.24) is 0 Å². The lowest BCUT2D eigenvalue weighted by Crippen LogP contribution is -1.88. The summed E-state index contributed by atoms with van der Waals surface area (Å²) in [5.41, 5.74) is 1.49. The maximum absolute atomic E-state index is 8.73. The SMILES string of the molecule is CCCCCCC1=C[C@@H]1CO. The van der Waals surface area contributed by atoms with E-state index in [-0.39, 0.29) is 0 Å². The van der Waals surface area contributed by atoms with E-state index in [2.05, 4.69) is 13.0 Å². The summed E-state index contributed by atoms with van der Waals surface area (Å²) < 4.78 is 0. The van der Waals surface area contributed by atoms with Crippen molar-refractivity contribution in [1.29, 1.82) is 0 Å². The van der Waals surface area contributed by atoms with E-state index in [0.717, 1.165) is 0 Å². The molecule has 0 saturated carbocycles. The second-order valence-corrected chi connectivity index (χ2v) is 3.34. The van der Waals surface area contributed by atoms with E-state index in [9.17, 15) is 0 Å². The van der Waals surface area contributed by atoms with Crippen molar-refractivity contribution in [3.63, 3.8) is 0 Å². The average molecular weight is 154 g/mol. The average Bonchev–Trinajstić information content (AvgIpc) is 2.77. The first-order chi connectivity index (χ1) is 5.38. The van der Waals surface area contributed by atoms with Gasteiger partial charge < -0.3 is 5.11 Å². The van der Waals surface area contributed by atoms with Crippen LogP contribution in [0.1, 0.15) is 39.0 Å². The summed E-state index contributed by atoms with van der Waals surface area (Å²) in [4.78, 5) is 0. The zero-order valence-electron chi connectivity index (χ0n) is 7.34. The van der Waals surface area contributed by atoms with Gasteiger partial charge in [0.1, 0.15) is 0 Å². The summed E-state index contributed by atoms with van der Waals surface area (Å²) in [7, 11) is 0. The molecule has 0 aromatic heterocycles. The maximum atomic E-state index is 8.73. The summed E-state index contributed by atoms with van der Waals surface area (Å²) >= 11 is 0. The van der Waals surface area contributed by atoms with E-state index in [4.69, 9.17) is 5.11 Å². The largest absolute Gasteiger partial charge is 0.395 e. The topological polar surface area (TPSA) is 20.2 Å². The second-order valence-electron chi connectivity index (χ2n) is 3.34. The fourth-order valence-electron chi connectivity index (χ4n) is 1.40. The van der Waals surface area contributed by atoms with Crippen LogP contribution >= 0.6 is 0 Å². The third-order valence-corrected chi connectivity index (χ3v) is 2.30. The summed E-state index contributed by atoms with van der Waals surface area (Å²) in [6.07, 6.45) is 8.75. The lowest BCUT2D eigenvalue weighted by Gasteiger charge is -1.96. The number of aliphatic hydroxyl groups excluding tert-OH is 1. The van der Waals surface area contributed by atoms with Crippen LogP contribution < -0.4 is 0 Å². The lowest BCUT2D eigenvalue weighted by atomic mass is 10.1. The molecular formula is C10H18O. The van der Waals surface area contributed by atoms with Crippen LogP contribution in [0.2, 0.25) is 0 Å². The second kappa shape index (κ2) is 4.55. The van der Waals surface area contributed by atoms with Crippen LogP contribution in [-0.4, -0.2) is 11.7 Å². The van der Waals surface area contributed by atoms with Gasteiger partial charge in [0, 0.05) is 5.92 Å². The molecule has 0 radical (unpaired) electrons. The molecule has 0 heterocycles. The fraction of sp³-hybridized carbons (Fsp3) is 0.800. The van der Waals surface area contributed by atoms with Gasteiger partial charge in [0.15, 0.2) is 0 Å². The molecule has 0 aromatic carbocycles. The third-order valence-electron chi connectivity index (χ3n) is 2.30. The van der Waals surface area contributed by atoms with Crippen molar-refractivity contribution in [2.24, 2.45) is 5.92 Å². The van der Waals surface area contributed by atoms with Crippen molar-refractivity contribution >= 4 is 0 Å². The number of hydrogen-bond acceptors (Lipinski definition) is 1. The molecule has 0 aliphatic heterocycles. The van der Waals surface area contributed by atoms with E-state index in [1.165, 1.54) is 37.7 Å². The van der Waals surface area contributed by atoms with Gasteiger partial charge >= 0.3 is 0 Å². The molecule has 0 aromatic rings. The highest BCUT2D eigenvalue weighted by atomic mass is 16.3. The molecule has 1 heteroatoms. The molecule has 1 N–H and O–H groups in total. The normalized spacial score (nSPS) is 21.6.